The van der Waals surface area contributed by atoms with Crippen LogP contribution in [0.3, 0.4) is 0 Å². The quantitative estimate of drug-likeness (QED) is 0.608. The van der Waals surface area contributed by atoms with E-state index in [1.54, 1.807) is 18.4 Å². The number of hydrogen-bond donors (Lipinski definition) is 0. The molecule has 2 heterocycles. The minimum absolute atomic E-state index is 0.527. The molecule has 0 saturated heterocycles. The van der Waals surface area contributed by atoms with Gasteiger partial charge in [-0.1, -0.05) is 12.1 Å². The SMILES string of the molecule is N#C/C(=C\c1ccco1)c1nc(-c2ccc3c(c2)CCCC3)cs1. The number of nitrogens with zero attached hydrogens (tertiary/aromatic N) is 2. The lowest BCUT2D eigenvalue weighted by Crippen LogP contribution is -2.02. The maximum Gasteiger partial charge on any atom is 0.134 e. The van der Waals surface area contributed by atoms with Gasteiger partial charge in [0.1, 0.15) is 16.8 Å². The maximum atomic E-state index is 9.42. The average molecular weight is 332 g/mol. The molecule has 0 bridgehead atoms. The van der Waals surface area contributed by atoms with Crippen LogP contribution in [0.2, 0.25) is 0 Å². The fraction of sp³-hybridized carbons (Fsp3) is 0.200. The van der Waals surface area contributed by atoms with Gasteiger partial charge in [-0.05, 0) is 55.0 Å². The fourth-order valence-electron chi connectivity index (χ4n) is 3.08. The van der Waals surface area contributed by atoms with Gasteiger partial charge in [0.2, 0.25) is 0 Å². The minimum Gasteiger partial charge on any atom is -0.465 e. The highest BCUT2D eigenvalue weighted by Crippen LogP contribution is 2.30. The fourth-order valence-corrected chi connectivity index (χ4v) is 3.87. The van der Waals surface area contributed by atoms with Gasteiger partial charge >= 0.3 is 0 Å². The molecule has 0 saturated carbocycles. The molecule has 1 aliphatic carbocycles. The summed E-state index contributed by atoms with van der Waals surface area (Å²) in [6.45, 7) is 0. The van der Waals surface area contributed by atoms with Crippen molar-refractivity contribution in [2.45, 2.75) is 25.7 Å². The lowest BCUT2D eigenvalue weighted by Gasteiger charge is -2.16. The van der Waals surface area contributed by atoms with Crippen molar-refractivity contribution in [2.24, 2.45) is 0 Å². The van der Waals surface area contributed by atoms with Crippen molar-refractivity contribution >= 4 is 23.0 Å². The van der Waals surface area contributed by atoms with Crippen molar-refractivity contribution in [3.05, 3.63) is 63.9 Å². The smallest absolute Gasteiger partial charge is 0.134 e. The van der Waals surface area contributed by atoms with Gasteiger partial charge < -0.3 is 4.42 Å². The van der Waals surface area contributed by atoms with Crippen LogP contribution in [0.1, 0.15) is 34.7 Å². The number of benzene rings is 1. The molecule has 3 nitrogen and oxygen atoms in total. The molecule has 1 aliphatic rings. The van der Waals surface area contributed by atoms with Gasteiger partial charge in [-0.25, -0.2) is 4.98 Å². The predicted octanol–water partition coefficient (Wildman–Crippen LogP) is 5.35. The van der Waals surface area contributed by atoms with Crippen molar-refractivity contribution in [1.82, 2.24) is 4.98 Å². The van der Waals surface area contributed by atoms with Crippen LogP contribution in [0.25, 0.3) is 22.9 Å². The van der Waals surface area contributed by atoms with Gasteiger partial charge in [-0.3, -0.25) is 0 Å². The highest BCUT2D eigenvalue weighted by molar-refractivity contribution is 7.11. The Morgan fingerprint density at radius 1 is 1.21 bits per heavy atom. The monoisotopic (exact) mass is 332 g/mol. The maximum absolute atomic E-state index is 9.42. The van der Waals surface area contributed by atoms with E-state index in [0.717, 1.165) is 22.7 Å². The summed E-state index contributed by atoms with van der Waals surface area (Å²) in [5.74, 6) is 0.664. The Morgan fingerprint density at radius 2 is 2.08 bits per heavy atom. The number of hydrogen-bond acceptors (Lipinski definition) is 4. The van der Waals surface area contributed by atoms with E-state index in [-0.39, 0.29) is 0 Å². The number of thiazole rings is 1. The number of aromatic nitrogens is 1. The minimum atomic E-state index is 0.527. The first kappa shape index (κ1) is 14.9. The summed E-state index contributed by atoms with van der Waals surface area (Å²) in [5.41, 5.74) is 5.51. The number of nitriles is 1. The van der Waals surface area contributed by atoms with Crippen molar-refractivity contribution in [2.75, 3.05) is 0 Å². The number of rotatable bonds is 3. The molecule has 4 heteroatoms. The number of furan rings is 1. The van der Waals surface area contributed by atoms with Crippen LogP contribution in [0.5, 0.6) is 0 Å². The molecule has 0 atom stereocenters. The summed E-state index contributed by atoms with van der Waals surface area (Å²) >= 11 is 1.49. The zero-order valence-corrected chi connectivity index (χ0v) is 14.0. The lowest BCUT2D eigenvalue weighted by molar-refractivity contribution is 0.557. The molecular formula is C20H16N2OS. The van der Waals surface area contributed by atoms with E-state index in [0.29, 0.717) is 11.3 Å². The highest BCUT2D eigenvalue weighted by atomic mass is 32.1. The molecule has 0 fully saturated rings. The molecule has 4 rings (SSSR count). The highest BCUT2D eigenvalue weighted by Gasteiger charge is 2.13. The van der Waals surface area contributed by atoms with E-state index in [1.807, 2.05) is 11.4 Å². The third-order valence-electron chi connectivity index (χ3n) is 4.33. The van der Waals surface area contributed by atoms with Gasteiger partial charge in [0, 0.05) is 17.0 Å². The number of allylic oxidation sites excluding steroid dienone is 1. The van der Waals surface area contributed by atoms with Gasteiger partial charge in [0.05, 0.1) is 17.5 Å². The first-order chi connectivity index (χ1) is 11.8. The largest absolute Gasteiger partial charge is 0.465 e. The summed E-state index contributed by atoms with van der Waals surface area (Å²) in [6.07, 6.45) is 8.22. The Morgan fingerprint density at radius 3 is 2.88 bits per heavy atom. The summed E-state index contributed by atoms with van der Waals surface area (Å²) in [5, 5.41) is 12.2. The first-order valence-electron chi connectivity index (χ1n) is 8.07. The molecule has 24 heavy (non-hydrogen) atoms. The summed E-state index contributed by atoms with van der Waals surface area (Å²) in [4.78, 5) is 4.67. The molecule has 0 amide bonds. The first-order valence-corrected chi connectivity index (χ1v) is 8.95. The second kappa shape index (κ2) is 6.46. The van der Waals surface area contributed by atoms with E-state index < -0.39 is 0 Å². The van der Waals surface area contributed by atoms with E-state index in [4.69, 9.17) is 4.42 Å². The van der Waals surface area contributed by atoms with Crippen LogP contribution in [0, 0.1) is 11.3 Å². The van der Waals surface area contributed by atoms with Crippen LogP contribution >= 0.6 is 11.3 Å². The van der Waals surface area contributed by atoms with Crippen molar-refractivity contribution in [1.29, 1.82) is 5.26 Å². The second-order valence-electron chi connectivity index (χ2n) is 5.91. The lowest BCUT2D eigenvalue weighted by atomic mass is 9.90. The van der Waals surface area contributed by atoms with Crippen molar-refractivity contribution in [3.63, 3.8) is 0 Å². The van der Waals surface area contributed by atoms with E-state index >= 15 is 0 Å². The molecule has 2 aromatic heterocycles. The molecule has 0 spiro atoms. The van der Waals surface area contributed by atoms with Gasteiger partial charge in [-0.15, -0.1) is 11.3 Å². The molecule has 0 radical (unpaired) electrons. The van der Waals surface area contributed by atoms with Crippen molar-refractivity contribution in [3.8, 4) is 17.3 Å². The normalized spacial score (nSPS) is 14.2. The molecule has 3 aromatic rings. The standard InChI is InChI=1S/C20H16N2OS/c21-12-17(11-18-6-3-9-23-18)20-22-19(13-24-20)16-8-7-14-4-1-2-5-15(14)10-16/h3,6-11,13H,1-2,4-5H2/b17-11+. The van der Waals surface area contributed by atoms with Crippen LogP contribution < -0.4 is 0 Å². The van der Waals surface area contributed by atoms with Crippen LogP contribution in [-0.2, 0) is 12.8 Å². The van der Waals surface area contributed by atoms with E-state index in [2.05, 4.69) is 29.3 Å². The van der Waals surface area contributed by atoms with Crippen LogP contribution in [0.15, 0.2) is 46.4 Å². The van der Waals surface area contributed by atoms with Gasteiger partial charge in [0.15, 0.2) is 0 Å². The molecular weight excluding hydrogens is 316 g/mol. The van der Waals surface area contributed by atoms with Crippen LogP contribution in [0.4, 0.5) is 0 Å². The van der Waals surface area contributed by atoms with E-state index in [9.17, 15) is 5.26 Å². The molecule has 0 unspecified atom stereocenters. The van der Waals surface area contributed by atoms with Crippen LogP contribution in [-0.4, -0.2) is 4.98 Å². The molecule has 0 aliphatic heterocycles. The Labute approximate surface area is 144 Å². The Balaban J connectivity index is 1.66. The average Bonchev–Trinajstić information content (AvgIpc) is 3.31. The summed E-state index contributed by atoms with van der Waals surface area (Å²) in [6, 6.07) is 12.5. The Kier molecular flexibility index (Phi) is 4.02. The zero-order valence-electron chi connectivity index (χ0n) is 13.2. The van der Waals surface area contributed by atoms with Gasteiger partial charge in [-0.2, -0.15) is 5.26 Å². The zero-order chi connectivity index (χ0) is 16.4. The number of fused-ring (bicyclic) bond motifs is 1. The summed E-state index contributed by atoms with van der Waals surface area (Å²) < 4.78 is 5.29. The number of aryl methyl sites for hydroxylation is 2. The predicted molar refractivity (Wildman–Crippen MR) is 96.4 cm³/mol. The van der Waals surface area contributed by atoms with Crippen molar-refractivity contribution < 1.29 is 4.42 Å². The molecule has 1 aromatic carbocycles. The Hall–Kier alpha value is -2.64. The third-order valence-corrected chi connectivity index (χ3v) is 5.20. The third kappa shape index (κ3) is 2.91. The Bertz CT molecular complexity index is 929. The van der Waals surface area contributed by atoms with E-state index in [1.165, 1.54) is 41.7 Å². The van der Waals surface area contributed by atoms with Gasteiger partial charge in [0.25, 0.3) is 0 Å². The molecule has 0 N–H and O–H groups in total. The summed E-state index contributed by atoms with van der Waals surface area (Å²) in [7, 11) is 0. The topological polar surface area (TPSA) is 49.8 Å². The second-order valence-corrected chi connectivity index (χ2v) is 6.77. The molecule has 118 valence electrons.